The highest BCUT2D eigenvalue weighted by Crippen LogP contribution is 2.33. The maximum atomic E-state index is 14.0. The summed E-state index contributed by atoms with van der Waals surface area (Å²) < 4.78 is 5.32. The lowest BCUT2D eigenvalue weighted by atomic mass is 9.75. The Bertz CT molecular complexity index is 998. The van der Waals surface area contributed by atoms with Crippen molar-refractivity contribution in [2.24, 2.45) is 0 Å². The highest BCUT2D eigenvalue weighted by molar-refractivity contribution is 5.92. The van der Waals surface area contributed by atoms with Gasteiger partial charge in [0.2, 0.25) is 5.91 Å². The van der Waals surface area contributed by atoms with Gasteiger partial charge in [-0.1, -0.05) is 72.8 Å². The van der Waals surface area contributed by atoms with Crippen LogP contribution in [0, 0.1) is 0 Å². The lowest BCUT2D eigenvalue weighted by molar-refractivity contribution is -0.125. The number of aliphatic hydroxyl groups excluding tert-OH is 1. The molecule has 3 aromatic rings. The predicted octanol–water partition coefficient (Wildman–Crippen LogP) is 3.93. The van der Waals surface area contributed by atoms with Crippen LogP contribution in [0.25, 0.3) is 0 Å². The summed E-state index contributed by atoms with van der Waals surface area (Å²) in [4.78, 5) is 16.2. The second kappa shape index (κ2) is 10.2. The quantitative estimate of drug-likeness (QED) is 0.553. The molecule has 1 aliphatic heterocycles. The molecule has 1 heterocycles. The number of carbonyl (C=O) groups is 1. The van der Waals surface area contributed by atoms with Gasteiger partial charge in [-0.2, -0.15) is 0 Å². The first-order valence-corrected chi connectivity index (χ1v) is 11.5. The molecule has 0 bridgehead atoms. The minimum absolute atomic E-state index is 0.0551. The number of carbonyl (C=O) groups excluding carboxylic acids is 1. The van der Waals surface area contributed by atoms with Crippen LogP contribution >= 0.6 is 0 Å². The monoisotopic (exact) mass is 444 g/mol. The number of benzene rings is 3. The lowest BCUT2D eigenvalue weighted by Gasteiger charge is -2.33. The normalized spacial score (nSPS) is 17.5. The fraction of sp³-hybridized carbons (Fsp3) is 0.321. The zero-order chi connectivity index (χ0) is 23.3. The molecule has 33 heavy (non-hydrogen) atoms. The van der Waals surface area contributed by atoms with Gasteiger partial charge < -0.3 is 15.2 Å². The minimum Gasteiger partial charge on any atom is -0.497 e. The van der Waals surface area contributed by atoms with Crippen molar-refractivity contribution in [2.45, 2.75) is 30.9 Å². The average molecular weight is 445 g/mol. The molecule has 0 aliphatic carbocycles. The molecule has 1 aliphatic rings. The Labute approximate surface area is 196 Å². The van der Waals surface area contributed by atoms with Gasteiger partial charge in [-0.05, 0) is 42.2 Å². The third-order valence-electron chi connectivity index (χ3n) is 6.67. The van der Waals surface area contributed by atoms with Crippen molar-refractivity contribution >= 4 is 5.91 Å². The largest absolute Gasteiger partial charge is 0.497 e. The van der Waals surface area contributed by atoms with Crippen LogP contribution in [0.5, 0.6) is 5.75 Å². The number of nitrogens with one attached hydrogen (secondary N) is 1. The van der Waals surface area contributed by atoms with Crippen molar-refractivity contribution in [3.63, 3.8) is 0 Å². The van der Waals surface area contributed by atoms with E-state index in [2.05, 4.69) is 10.2 Å². The molecule has 0 aromatic heterocycles. The molecule has 1 saturated heterocycles. The van der Waals surface area contributed by atoms with Gasteiger partial charge in [0.15, 0.2) is 0 Å². The van der Waals surface area contributed by atoms with Gasteiger partial charge in [0, 0.05) is 19.6 Å². The summed E-state index contributed by atoms with van der Waals surface area (Å²) in [6, 6.07) is 27.4. The van der Waals surface area contributed by atoms with Crippen molar-refractivity contribution in [1.29, 1.82) is 0 Å². The number of aliphatic hydroxyl groups is 1. The zero-order valence-corrected chi connectivity index (χ0v) is 19.3. The first-order chi connectivity index (χ1) is 16.0. The molecular formula is C28H32N2O3. The van der Waals surface area contributed by atoms with Crippen molar-refractivity contribution < 1.29 is 14.6 Å². The van der Waals surface area contributed by atoms with E-state index in [9.17, 15) is 9.90 Å². The topological polar surface area (TPSA) is 61.8 Å². The van der Waals surface area contributed by atoms with Crippen molar-refractivity contribution in [3.8, 4) is 5.75 Å². The Kier molecular flexibility index (Phi) is 7.11. The Morgan fingerprint density at radius 2 is 1.61 bits per heavy atom. The third kappa shape index (κ3) is 5.10. The molecule has 172 valence electrons. The van der Waals surface area contributed by atoms with Crippen molar-refractivity contribution in [1.82, 2.24) is 10.2 Å². The van der Waals surface area contributed by atoms with Crippen LogP contribution < -0.4 is 10.1 Å². The molecule has 1 amide bonds. The van der Waals surface area contributed by atoms with Gasteiger partial charge >= 0.3 is 0 Å². The summed E-state index contributed by atoms with van der Waals surface area (Å²) in [5.74, 6) is 0.722. The van der Waals surface area contributed by atoms with Crippen molar-refractivity contribution in [2.75, 3.05) is 26.7 Å². The SMILES string of the molecule is COc1ccc([C@@H](CN2CCC(O)C2)NC(=O)C(C)(c2ccccc2)c2ccccc2)cc1. The number of likely N-dealkylation sites (tertiary alicyclic amines) is 1. The van der Waals surface area contributed by atoms with E-state index < -0.39 is 5.41 Å². The molecule has 0 radical (unpaired) electrons. The Morgan fingerprint density at radius 1 is 1.03 bits per heavy atom. The molecular weight excluding hydrogens is 412 g/mol. The summed E-state index contributed by atoms with van der Waals surface area (Å²) >= 11 is 0. The molecule has 2 atom stereocenters. The fourth-order valence-corrected chi connectivity index (χ4v) is 4.58. The van der Waals surface area contributed by atoms with Gasteiger partial charge in [0.25, 0.3) is 0 Å². The second-order valence-electron chi connectivity index (χ2n) is 8.86. The first-order valence-electron chi connectivity index (χ1n) is 11.5. The molecule has 5 nitrogen and oxygen atoms in total. The maximum absolute atomic E-state index is 14.0. The molecule has 1 fully saturated rings. The summed E-state index contributed by atoms with van der Waals surface area (Å²) in [7, 11) is 1.64. The number of hydrogen-bond acceptors (Lipinski definition) is 4. The van der Waals surface area contributed by atoms with Crippen LogP contribution in [0.4, 0.5) is 0 Å². The van der Waals surface area contributed by atoms with E-state index in [0.717, 1.165) is 35.4 Å². The minimum atomic E-state index is -0.849. The van der Waals surface area contributed by atoms with Crippen LogP contribution in [-0.4, -0.2) is 48.8 Å². The van der Waals surface area contributed by atoms with Gasteiger partial charge in [0.1, 0.15) is 5.75 Å². The number of hydrogen-bond donors (Lipinski definition) is 2. The number of nitrogens with zero attached hydrogens (tertiary/aromatic N) is 1. The summed E-state index contributed by atoms with van der Waals surface area (Å²) in [5, 5.41) is 13.4. The van der Waals surface area contributed by atoms with E-state index in [-0.39, 0.29) is 18.1 Å². The van der Waals surface area contributed by atoms with E-state index in [4.69, 9.17) is 4.74 Å². The second-order valence-corrected chi connectivity index (χ2v) is 8.86. The summed E-state index contributed by atoms with van der Waals surface area (Å²) in [5.41, 5.74) is 2.05. The van der Waals surface area contributed by atoms with Gasteiger partial charge in [-0.15, -0.1) is 0 Å². The lowest BCUT2D eigenvalue weighted by Crippen LogP contribution is -2.47. The Hall–Kier alpha value is -3.15. The average Bonchev–Trinajstić information content (AvgIpc) is 3.28. The van der Waals surface area contributed by atoms with Crippen LogP contribution in [0.1, 0.15) is 36.1 Å². The molecule has 1 unspecified atom stereocenters. The summed E-state index contributed by atoms with van der Waals surface area (Å²) in [6.45, 7) is 4.06. The predicted molar refractivity (Wildman–Crippen MR) is 130 cm³/mol. The third-order valence-corrected chi connectivity index (χ3v) is 6.67. The molecule has 5 heteroatoms. The van der Waals surface area contributed by atoms with E-state index >= 15 is 0 Å². The van der Waals surface area contributed by atoms with Crippen LogP contribution in [0.15, 0.2) is 84.9 Å². The molecule has 3 aromatic carbocycles. The van der Waals surface area contributed by atoms with Gasteiger partial charge in [-0.25, -0.2) is 0 Å². The maximum Gasteiger partial charge on any atom is 0.235 e. The van der Waals surface area contributed by atoms with E-state index in [1.165, 1.54) is 0 Å². The van der Waals surface area contributed by atoms with Crippen molar-refractivity contribution in [3.05, 3.63) is 102 Å². The highest BCUT2D eigenvalue weighted by atomic mass is 16.5. The smallest absolute Gasteiger partial charge is 0.235 e. The van der Waals surface area contributed by atoms with E-state index in [0.29, 0.717) is 13.1 Å². The number of β-amino-alcohol motifs (C(OH)–C–C–N with tert-alkyl or cyclic N) is 1. The zero-order valence-electron chi connectivity index (χ0n) is 19.3. The van der Waals surface area contributed by atoms with Gasteiger partial charge in [-0.3, -0.25) is 9.69 Å². The van der Waals surface area contributed by atoms with E-state index in [1.807, 2.05) is 91.9 Å². The fourth-order valence-electron chi connectivity index (χ4n) is 4.58. The standard InChI is InChI=1S/C28H32N2O3/c1-28(22-9-5-3-6-10-22,23-11-7-4-8-12-23)27(32)29-26(20-30-18-17-24(31)19-30)21-13-15-25(33-2)16-14-21/h3-16,24,26,31H,17-20H2,1-2H3,(H,29,32)/t24?,26-/m1/s1. The summed E-state index contributed by atoms with van der Waals surface area (Å²) in [6.07, 6.45) is 0.450. The number of methoxy groups -OCH3 is 1. The number of amides is 1. The van der Waals surface area contributed by atoms with Gasteiger partial charge in [0.05, 0.1) is 24.7 Å². The number of ether oxygens (including phenoxy) is 1. The molecule has 0 saturated carbocycles. The molecule has 0 spiro atoms. The highest BCUT2D eigenvalue weighted by Gasteiger charge is 2.38. The van der Waals surface area contributed by atoms with E-state index in [1.54, 1.807) is 7.11 Å². The van der Waals surface area contributed by atoms with Crippen LogP contribution in [0.3, 0.4) is 0 Å². The first kappa shape index (κ1) is 23.0. The van der Waals surface area contributed by atoms with Crippen LogP contribution in [-0.2, 0) is 10.2 Å². The number of rotatable bonds is 8. The molecule has 2 N–H and O–H groups in total. The Morgan fingerprint density at radius 3 is 2.09 bits per heavy atom. The molecule has 4 rings (SSSR count). The van der Waals surface area contributed by atoms with Crippen LogP contribution in [0.2, 0.25) is 0 Å². The Balaban J connectivity index is 1.67.